The highest BCUT2D eigenvalue weighted by molar-refractivity contribution is 5.78. The second kappa shape index (κ2) is 6.31. The Balaban J connectivity index is 1.93. The molecule has 1 aliphatic rings. The van der Waals surface area contributed by atoms with E-state index in [1.54, 1.807) is 0 Å². The minimum Gasteiger partial charge on any atom is -0.341 e. The van der Waals surface area contributed by atoms with Gasteiger partial charge in [-0.25, -0.2) is 8.78 Å². The van der Waals surface area contributed by atoms with Crippen LogP contribution in [0.5, 0.6) is 0 Å². The lowest BCUT2D eigenvalue weighted by Crippen LogP contribution is -2.40. The lowest BCUT2D eigenvalue weighted by atomic mass is 10.1. The lowest BCUT2D eigenvalue weighted by Gasteiger charge is -2.25. The molecule has 0 aromatic heterocycles. The van der Waals surface area contributed by atoms with Crippen LogP contribution in [0.1, 0.15) is 38.3 Å². The molecule has 0 radical (unpaired) electrons. The molecule has 110 valence electrons. The maximum atomic E-state index is 13.7. The van der Waals surface area contributed by atoms with Crippen LogP contribution in [-0.2, 0) is 4.79 Å². The zero-order valence-electron chi connectivity index (χ0n) is 11.8. The third-order valence-electron chi connectivity index (χ3n) is 3.63. The molecule has 1 saturated heterocycles. The number of hydrogen-bond acceptors (Lipinski definition) is 2. The second-order valence-corrected chi connectivity index (χ2v) is 5.40. The number of nitrogens with one attached hydrogen (secondary N) is 1. The zero-order chi connectivity index (χ0) is 14.7. The lowest BCUT2D eigenvalue weighted by molar-refractivity contribution is -0.127. The average Bonchev–Trinajstić information content (AvgIpc) is 2.74. The van der Waals surface area contributed by atoms with Gasteiger partial charge in [-0.1, -0.05) is 6.07 Å². The summed E-state index contributed by atoms with van der Waals surface area (Å²) in [5, 5.41) is 3.25. The summed E-state index contributed by atoms with van der Waals surface area (Å²) in [6.07, 6.45) is 1.53. The standard InChI is InChI=1S/C15H20F2N2O/c1-10(9-19-7-3-4-15(19)20)18-11(2)13-6-5-12(16)8-14(13)17/h5-6,8,10-11,18H,3-4,7,9H2,1-2H3. The highest BCUT2D eigenvalue weighted by atomic mass is 19.1. The molecule has 1 amide bonds. The van der Waals surface area contributed by atoms with Gasteiger partial charge in [0.15, 0.2) is 0 Å². The van der Waals surface area contributed by atoms with Crippen molar-refractivity contribution in [1.29, 1.82) is 0 Å². The van der Waals surface area contributed by atoms with E-state index < -0.39 is 11.6 Å². The van der Waals surface area contributed by atoms with Gasteiger partial charge >= 0.3 is 0 Å². The quantitative estimate of drug-likeness (QED) is 0.900. The van der Waals surface area contributed by atoms with E-state index in [2.05, 4.69) is 5.32 Å². The van der Waals surface area contributed by atoms with Crippen LogP contribution in [0.25, 0.3) is 0 Å². The van der Waals surface area contributed by atoms with Gasteiger partial charge in [0, 0.05) is 43.2 Å². The molecule has 1 aromatic rings. The van der Waals surface area contributed by atoms with E-state index in [-0.39, 0.29) is 18.0 Å². The summed E-state index contributed by atoms with van der Waals surface area (Å²) < 4.78 is 26.6. The number of nitrogens with zero attached hydrogens (tertiary/aromatic N) is 1. The summed E-state index contributed by atoms with van der Waals surface area (Å²) in [6.45, 7) is 5.21. The van der Waals surface area contributed by atoms with Crippen molar-refractivity contribution in [3.05, 3.63) is 35.4 Å². The molecule has 0 bridgehead atoms. The highest BCUT2D eigenvalue weighted by Crippen LogP contribution is 2.18. The van der Waals surface area contributed by atoms with Crippen LogP contribution < -0.4 is 5.32 Å². The predicted octanol–water partition coefficient (Wildman–Crippen LogP) is 2.63. The molecule has 20 heavy (non-hydrogen) atoms. The second-order valence-electron chi connectivity index (χ2n) is 5.40. The maximum absolute atomic E-state index is 13.7. The van der Waals surface area contributed by atoms with Gasteiger partial charge in [0.25, 0.3) is 0 Å². The van der Waals surface area contributed by atoms with E-state index >= 15 is 0 Å². The Morgan fingerprint density at radius 3 is 2.70 bits per heavy atom. The van der Waals surface area contributed by atoms with Crippen LogP contribution in [0.3, 0.4) is 0 Å². The predicted molar refractivity (Wildman–Crippen MR) is 73.2 cm³/mol. The monoisotopic (exact) mass is 282 g/mol. The molecule has 2 atom stereocenters. The first-order chi connectivity index (χ1) is 9.47. The Morgan fingerprint density at radius 1 is 1.35 bits per heavy atom. The average molecular weight is 282 g/mol. The fourth-order valence-electron chi connectivity index (χ4n) is 2.65. The van der Waals surface area contributed by atoms with Crippen molar-refractivity contribution < 1.29 is 13.6 Å². The molecular weight excluding hydrogens is 262 g/mol. The van der Waals surface area contributed by atoms with Crippen molar-refractivity contribution in [1.82, 2.24) is 10.2 Å². The van der Waals surface area contributed by atoms with E-state index in [0.717, 1.165) is 19.0 Å². The minimum atomic E-state index is -0.575. The smallest absolute Gasteiger partial charge is 0.222 e. The highest BCUT2D eigenvalue weighted by Gasteiger charge is 2.22. The van der Waals surface area contributed by atoms with Gasteiger partial charge in [0.05, 0.1) is 0 Å². The van der Waals surface area contributed by atoms with Crippen LogP contribution in [0.4, 0.5) is 8.78 Å². The molecule has 1 fully saturated rings. The molecule has 5 heteroatoms. The van der Waals surface area contributed by atoms with Crippen molar-refractivity contribution in [2.24, 2.45) is 0 Å². The summed E-state index contributed by atoms with van der Waals surface area (Å²) in [7, 11) is 0. The Morgan fingerprint density at radius 2 is 2.10 bits per heavy atom. The molecule has 1 aromatic carbocycles. The Labute approximate surface area is 118 Å². The van der Waals surface area contributed by atoms with E-state index in [0.29, 0.717) is 18.5 Å². The van der Waals surface area contributed by atoms with Gasteiger partial charge in [-0.05, 0) is 26.3 Å². The normalized spacial score (nSPS) is 18.4. The molecule has 0 saturated carbocycles. The molecule has 0 spiro atoms. The summed E-state index contributed by atoms with van der Waals surface area (Å²) in [5.74, 6) is -0.942. The van der Waals surface area contributed by atoms with Gasteiger partial charge in [0.1, 0.15) is 11.6 Å². The van der Waals surface area contributed by atoms with E-state index in [1.807, 2.05) is 18.7 Å². The van der Waals surface area contributed by atoms with Crippen molar-refractivity contribution in [2.45, 2.75) is 38.8 Å². The molecule has 1 N–H and O–H groups in total. The molecule has 2 unspecified atom stereocenters. The number of carbonyl (C=O) groups is 1. The molecule has 1 aliphatic heterocycles. The van der Waals surface area contributed by atoms with Crippen LogP contribution in [0, 0.1) is 11.6 Å². The summed E-state index contributed by atoms with van der Waals surface area (Å²) in [5.41, 5.74) is 0.436. The molecule has 0 aliphatic carbocycles. The summed E-state index contributed by atoms with van der Waals surface area (Å²) in [6, 6.07) is 3.42. The van der Waals surface area contributed by atoms with Crippen LogP contribution in [0.15, 0.2) is 18.2 Å². The first-order valence-electron chi connectivity index (χ1n) is 6.96. The Bertz CT molecular complexity index is 493. The van der Waals surface area contributed by atoms with Crippen molar-refractivity contribution in [2.75, 3.05) is 13.1 Å². The van der Waals surface area contributed by atoms with Gasteiger partial charge < -0.3 is 10.2 Å². The van der Waals surface area contributed by atoms with E-state index in [1.165, 1.54) is 12.1 Å². The largest absolute Gasteiger partial charge is 0.341 e. The first kappa shape index (κ1) is 14.9. The summed E-state index contributed by atoms with van der Waals surface area (Å²) in [4.78, 5) is 13.4. The molecule has 1 heterocycles. The number of rotatable bonds is 5. The number of halogens is 2. The summed E-state index contributed by atoms with van der Waals surface area (Å²) >= 11 is 0. The first-order valence-corrected chi connectivity index (χ1v) is 6.96. The molecule has 2 rings (SSSR count). The third kappa shape index (κ3) is 3.54. The number of amides is 1. The fraction of sp³-hybridized carbons (Fsp3) is 0.533. The van der Waals surface area contributed by atoms with Gasteiger partial charge in [-0.3, -0.25) is 4.79 Å². The van der Waals surface area contributed by atoms with Gasteiger partial charge in [0.2, 0.25) is 5.91 Å². The zero-order valence-corrected chi connectivity index (χ0v) is 11.8. The van der Waals surface area contributed by atoms with E-state index in [4.69, 9.17) is 0 Å². The number of likely N-dealkylation sites (tertiary alicyclic amines) is 1. The molecular formula is C15H20F2N2O. The SMILES string of the molecule is CC(CN1CCCC1=O)NC(C)c1ccc(F)cc1F. The van der Waals surface area contributed by atoms with Crippen molar-refractivity contribution in [3.8, 4) is 0 Å². The van der Waals surface area contributed by atoms with E-state index in [9.17, 15) is 13.6 Å². The maximum Gasteiger partial charge on any atom is 0.222 e. The third-order valence-corrected chi connectivity index (χ3v) is 3.63. The topological polar surface area (TPSA) is 32.3 Å². The molecule has 3 nitrogen and oxygen atoms in total. The van der Waals surface area contributed by atoms with Crippen LogP contribution in [0.2, 0.25) is 0 Å². The number of benzene rings is 1. The number of hydrogen-bond donors (Lipinski definition) is 1. The number of carbonyl (C=O) groups excluding carboxylic acids is 1. The van der Waals surface area contributed by atoms with Gasteiger partial charge in [-0.15, -0.1) is 0 Å². The van der Waals surface area contributed by atoms with Gasteiger partial charge in [-0.2, -0.15) is 0 Å². The van der Waals surface area contributed by atoms with Crippen LogP contribution in [-0.4, -0.2) is 29.9 Å². The van der Waals surface area contributed by atoms with Crippen molar-refractivity contribution in [3.63, 3.8) is 0 Å². The minimum absolute atomic E-state index is 0.0523. The Kier molecular flexibility index (Phi) is 4.70. The fourth-order valence-corrected chi connectivity index (χ4v) is 2.65. The van der Waals surface area contributed by atoms with Crippen LogP contribution >= 0.6 is 0 Å². The Hall–Kier alpha value is -1.49. The van der Waals surface area contributed by atoms with Crippen molar-refractivity contribution >= 4 is 5.91 Å².